The van der Waals surface area contributed by atoms with Gasteiger partial charge in [-0.25, -0.2) is 8.42 Å². The third-order valence-corrected chi connectivity index (χ3v) is 5.60. The maximum Gasteiger partial charge on any atom is 0.261 e. The molecule has 0 aliphatic rings. The Kier molecular flexibility index (Phi) is 3.52. The molecule has 1 aromatic heterocycles. The summed E-state index contributed by atoms with van der Waals surface area (Å²) in [5.74, 6) is 0. The maximum atomic E-state index is 12.3. The van der Waals surface area contributed by atoms with Crippen molar-refractivity contribution in [2.24, 2.45) is 0 Å². The van der Waals surface area contributed by atoms with Crippen molar-refractivity contribution in [3.05, 3.63) is 52.9 Å². The molecule has 108 valence electrons. The van der Waals surface area contributed by atoms with Gasteiger partial charge in [-0.2, -0.15) is 0 Å². The molecule has 0 fully saturated rings. The van der Waals surface area contributed by atoms with Crippen LogP contribution in [-0.4, -0.2) is 8.42 Å². The first-order valence-electron chi connectivity index (χ1n) is 6.01. The van der Waals surface area contributed by atoms with Crippen LogP contribution in [0.1, 0.15) is 0 Å². The molecule has 3 aromatic rings. The van der Waals surface area contributed by atoms with Crippen LogP contribution >= 0.6 is 22.9 Å². The summed E-state index contributed by atoms with van der Waals surface area (Å²) in [4.78, 5) is 0.0785. The summed E-state index contributed by atoms with van der Waals surface area (Å²) in [6, 6.07) is 11.6. The predicted octanol–water partition coefficient (Wildman–Crippen LogP) is 3.94. The number of fused-ring (bicyclic) bond motifs is 1. The molecule has 4 nitrogen and oxygen atoms in total. The molecule has 0 spiro atoms. The molecule has 21 heavy (non-hydrogen) atoms. The van der Waals surface area contributed by atoms with E-state index in [2.05, 4.69) is 4.72 Å². The molecule has 3 N–H and O–H groups in total. The van der Waals surface area contributed by atoms with Crippen molar-refractivity contribution in [1.29, 1.82) is 0 Å². The number of nitrogen functional groups attached to an aromatic ring is 1. The quantitative estimate of drug-likeness (QED) is 0.710. The molecule has 0 amide bonds. The third kappa shape index (κ3) is 2.83. The lowest BCUT2D eigenvalue weighted by molar-refractivity contribution is 0.601. The Balaban J connectivity index is 1.96. The Bertz CT molecular complexity index is 920. The number of nitrogens with one attached hydrogen (secondary N) is 1. The van der Waals surface area contributed by atoms with Crippen molar-refractivity contribution < 1.29 is 8.42 Å². The Hall–Kier alpha value is -1.76. The topological polar surface area (TPSA) is 72.2 Å². The van der Waals surface area contributed by atoms with Crippen LogP contribution in [0.5, 0.6) is 0 Å². The minimum absolute atomic E-state index is 0.0785. The normalized spacial score (nSPS) is 11.7. The SMILES string of the molecule is Nc1cc(S(=O)(=O)Nc2ccc3sccc3c2)ccc1Cl. The van der Waals surface area contributed by atoms with Gasteiger partial charge in [0.2, 0.25) is 0 Å². The molecule has 1 heterocycles. The van der Waals surface area contributed by atoms with Crippen molar-refractivity contribution in [3.8, 4) is 0 Å². The second kappa shape index (κ2) is 5.22. The van der Waals surface area contributed by atoms with Crippen LogP contribution in [-0.2, 0) is 10.0 Å². The lowest BCUT2D eigenvalue weighted by atomic mass is 10.2. The third-order valence-electron chi connectivity index (χ3n) is 2.98. The van der Waals surface area contributed by atoms with Gasteiger partial charge in [0.1, 0.15) is 0 Å². The summed E-state index contributed by atoms with van der Waals surface area (Å²) < 4.78 is 28.3. The van der Waals surface area contributed by atoms with Crippen LogP contribution in [0.15, 0.2) is 52.7 Å². The van der Waals surface area contributed by atoms with Crippen molar-refractivity contribution in [1.82, 2.24) is 0 Å². The van der Waals surface area contributed by atoms with Crippen LogP contribution in [0.25, 0.3) is 10.1 Å². The highest BCUT2D eigenvalue weighted by atomic mass is 35.5. The van der Waals surface area contributed by atoms with Gasteiger partial charge in [-0.05, 0) is 53.2 Å². The van der Waals surface area contributed by atoms with Crippen molar-refractivity contribution >= 4 is 54.4 Å². The monoisotopic (exact) mass is 338 g/mol. The zero-order valence-electron chi connectivity index (χ0n) is 10.7. The number of hydrogen-bond donors (Lipinski definition) is 2. The van der Waals surface area contributed by atoms with E-state index in [1.54, 1.807) is 23.5 Å². The van der Waals surface area contributed by atoms with Crippen molar-refractivity contribution in [2.45, 2.75) is 4.90 Å². The smallest absolute Gasteiger partial charge is 0.261 e. The van der Waals surface area contributed by atoms with Crippen LogP contribution in [0, 0.1) is 0 Å². The summed E-state index contributed by atoms with van der Waals surface area (Å²) >= 11 is 7.41. The first-order valence-corrected chi connectivity index (χ1v) is 8.75. The van der Waals surface area contributed by atoms with E-state index < -0.39 is 10.0 Å². The lowest BCUT2D eigenvalue weighted by Gasteiger charge is -2.09. The number of anilines is 2. The van der Waals surface area contributed by atoms with Crippen LogP contribution in [0.3, 0.4) is 0 Å². The zero-order valence-corrected chi connectivity index (χ0v) is 13.1. The summed E-state index contributed by atoms with van der Waals surface area (Å²) in [6.45, 7) is 0. The van der Waals surface area contributed by atoms with Crippen molar-refractivity contribution in [3.63, 3.8) is 0 Å². The standard InChI is InChI=1S/C14H11ClN2O2S2/c15-12-3-2-11(8-13(12)16)21(18,19)17-10-1-4-14-9(7-10)5-6-20-14/h1-8,17H,16H2. The van der Waals surface area contributed by atoms with Crippen LogP contribution in [0.4, 0.5) is 11.4 Å². The number of halogens is 1. The molecule has 0 aliphatic heterocycles. The molecule has 0 unspecified atom stereocenters. The van der Waals surface area contributed by atoms with Gasteiger partial charge in [-0.15, -0.1) is 11.3 Å². The molecule has 7 heteroatoms. The summed E-state index contributed by atoms with van der Waals surface area (Å²) in [5.41, 5.74) is 6.39. The molecule has 2 aromatic carbocycles. The highest BCUT2D eigenvalue weighted by molar-refractivity contribution is 7.92. The van der Waals surface area contributed by atoms with Gasteiger partial charge >= 0.3 is 0 Å². The van der Waals surface area contributed by atoms with E-state index in [9.17, 15) is 8.42 Å². The van der Waals surface area contributed by atoms with E-state index >= 15 is 0 Å². The van der Waals surface area contributed by atoms with E-state index in [1.807, 2.05) is 17.5 Å². The average Bonchev–Trinajstić information content (AvgIpc) is 2.88. The molecule has 0 saturated carbocycles. The minimum Gasteiger partial charge on any atom is -0.397 e. The number of thiophene rings is 1. The fourth-order valence-corrected chi connectivity index (χ4v) is 3.91. The molecule has 0 saturated heterocycles. The van der Waals surface area contributed by atoms with E-state index in [1.165, 1.54) is 18.2 Å². The first-order chi connectivity index (χ1) is 9.95. The summed E-state index contributed by atoms with van der Waals surface area (Å²) in [6.07, 6.45) is 0. The van der Waals surface area contributed by atoms with Gasteiger partial charge in [0.05, 0.1) is 15.6 Å². The molecule has 0 bridgehead atoms. The molecular formula is C14H11ClN2O2S2. The van der Waals surface area contributed by atoms with Crippen molar-refractivity contribution in [2.75, 3.05) is 10.5 Å². The van der Waals surface area contributed by atoms with Gasteiger partial charge in [0, 0.05) is 10.4 Å². The second-order valence-electron chi connectivity index (χ2n) is 4.46. The average molecular weight is 339 g/mol. The summed E-state index contributed by atoms with van der Waals surface area (Å²) in [7, 11) is -3.69. The van der Waals surface area contributed by atoms with Gasteiger partial charge in [-0.3, -0.25) is 4.72 Å². The zero-order chi connectivity index (χ0) is 15.0. The predicted molar refractivity (Wildman–Crippen MR) is 88.5 cm³/mol. The Morgan fingerprint density at radius 2 is 1.90 bits per heavy atom. The molecule has 0 aliphatic carbocycles. The van der Waals surface area contributed by atoms with Gasteiger partial charge in [0.25, 0.3) is 10.0 Å². The highest BCUT2D eigenvalue weighted by Gasteiger charge is 2.15. The van der Waals surface area contributed by atoms with Gasteiger partial charge < -0.3 is 5.73 Å². The number of sulfonamides is 1. The van der Waals surface area contributed by atoms with E-state index in [4.69, 9.17) is 17.3 Å². The first kappa shape index (κ1) is 14.2. The van der Waals surface area contributed by atoms with E-state index in [-0.39, 0.29) is 10.6 Å². The molecule has 0 radical (unpaired) electrons. The van der Waals surface area contributed by atoms with E-state index in [0.29, 0.717) is 10.7 Å². The van der Waals surface area contributed by atoms with Gasteiger partial charge in [0.15, 0.2) is 0 Å². The summed E-state index contributed by atoms with van der Waals surface area (Å²) in [5, 5.41) is 3.28. The lowest BCUT2D eigenvalue weighted by Crippen LogP contribution is -2.13. The Labute approximate surface area is 131 Å². The Morgan fingerprint density at radius 3 is 2.67 bits per heavy atom. The number of nitrogens with two attached hydrogens (primary N) is 1. The molecule has 3 rings (SSSR count). The van der Waals surface area contributed by atoms with Crippen LogP contribution < -0.4 is 10.5 Å². The minimum atomic E-state index is -3.69. The number of benzene rings is 2. The maximum absolute atomic E-state index is 12.3. The highest BCUT2D eigenvalue weighted by Crippen LogP contribution is 2.27. The number of hydrogen-bond acceptors (Lipinski definition) is 4. The fourth-order valence-electron chi connectivity index (χ4n) is 1.93. The second-order valence-corrected chi connectivity index (χ2v) is 7.50. The number of rotatable bonds is 3. The molecule has 0 atom stereocenters. The van der Waals surface area contributed by atoms with Crippen LogP contribution in [0.2, 0.25) is 5.02 Å². The van der Waals surface area contributed by atoms with Gasteiger partial charge in [-0.1, -0.05) is 11.6 Å². The largest absolute Gasteiger partial charge is 0.397 e. The van der Waals surface area contributed by atoms with E-state index in [0.717, 1.165) is 10.1 Å². The molecular weight excluding hydrogens is 328 g/mol. The Morgan fingerprint density at radius 1 is 1.10 bits per heavy atom. The fraction of sp³-hybridized carbons (Fsp3) is 0.